The minimum absolute atomic E-state index is 0.894. The van der Waals surface area contributed by atoms with Gasteiger partial charge in [0.1, 0.15) is 5.69 Å². The molecule has 0 aliphatic rings. The van der Waals surface area contributed by atoms with Gasteiger partial charge in [0.15, 0.2) is 0 Å². The van der Waals surface area contributed by atoms with Crippen LogP contribution in [-0.4, -0.2) is 15.0 Å². The van der Waals surface area contributed by atoms with Crippen molar-refractivity contribution in [2.75, 3.05) is 0 Å². The van der Waals surface area contributed by atoms with Gasteiger partial charge in [0.2, 0.25) is 0 Å². The normalized spacial score (nSPS) is 10.6. The molecule has 0 spiro atoms. The Morgan fingerprint density at radius 2 is 1.63 bits per heavy atom. The molecule has 3 heteroatoms. The van der Waals surface area contributed by atoms with E-state index in [1.807, 2.05) is 29.1 Å². The third-order valence-corrected chi connectivity index (χ3v) is 3.07. The van der Waals surface area contributed by atoms with E-state index in [-0.39, 0.29) is 0 Å². The van der Waals surface area contributed by atoms with Crippen LogP contribution in [0, 0.1) is 13.8 Å². The van der Waals surface area contributed by atoms with Crippen molar-refractivity contribution in [1.29, 1.82) is 0 Å². The second kappa shape index (κ2) is 4.69. The van der Waals surface area contributed by atoms with Gasteiger partial charge in [-0.1, -0.05) is 41.1 Å². The molecule has 3 aromatic rings. The lowest BCUT2D eigenvalue weighted by Crippen LogP contribution is -1.94. The van der Waals surface area contributed by atoms with E-state index in [0.717, 1.165) is 16.9 Å². The minimum atomic E-state index is 0.894. The Morgan fingerprint density at radius 1 is 0.895 bits per heavy atom. The molecule has 0 saturated heterocycles. The van der Waals surface area contributed by atoms with E-state index < -0.39 is 0 Å². The summed E-state index contributed by atoms with van der Waals surface area (Å²) in [6.45, 7) is 4.15. The predicted octanol–water partition coefficient (Wildman–Crippen LogP) is 3.55. The Kier molecular flexibility index (Phi) is 2.88. The quantitative estimate of drug-likeness (QED) is 0.695. The van der Waals surface area contributed by atoms with Gasteiger partial charge in [-0.15, -0.1) is 5.10 Å². The van der Waals surface area contributed by atoms with Gasteiger partial charge in [-0.3, -0.25) is 0 Å². The zero-order valence-corrected chi connectivity index (χ0v) is 11.0. The fourth-order valence-corrected chi connectivity index (χ4v) is 2.10. The van der Waals surface area contributed by atoms with Gasteiger partial charge in [-0.25, -0.2) is 4.68 Å². The third-order valence-electron chi connectivity index (χ3n) is 3.07. The highest BCUT2D eigenvalue weighted by atomic mass is 15.4. The molecule has 2 aromatic carbocycles. The van der Waals surface area contributed by atoms with Crippen LogP contribution in [0.25, 0.3) is 16.9 Å². The average molecular weight is 249 g/mol. The Morgan fingerprint density at radius 3 is 2.37 bits per heavy atom. The lowest BCUT2D eigenvalue weighted by atomic mass is 10.1. The van der Waals surface area contributed by atoms with Crippen LogP contribution in [-0.2, 0) is 0 Å². The fourth-order valence-electron chi connectivity index (χ4n) is 2.10. The van der Waals surface area contributed by atoms with Crippen molar-refractivity contribution in [3.05, 3.63) is 65.9 Å². The van der Waals surface area contributed by atoms with Crippen LogP contribution in [0.15, 0.2) is 54.7 Å². The Balaban J connectivity index is 2.00. The summed E-state index contributed by atoms with van der Waals surface area (Å²) in [5.74, 6) is 0. The van der Waals surface area contributed by atoms with Crippen LogP contribution in [0.5, 0.6) is 0 Å². The van der Waals surface area contributed by atoms with Gasteiger partial charge < -0.3 is 0 Å². The van der Waals surface area contributed by atoms with E-state index in [4.69, 9.17) is 0 Å². The second-order valence-corrected chi connectivity index (χ2v) is 4.76. The molecule has 3 rings (SSSR count). The van der Waals surface area contributed by atoms with Crippen molar-refractivity contribution < 1.29 is 0 Å². The van der Waals surface area contributed by atoms with Crippen LogP contribution < -0.4 is 0 Å². The topological polar surface area (TPSA) is 30.7 Å². The highest BCUT2D eigenvalue weighted by molar-refractivity contribution is 5.59. The lowest BCUT2D eigenvalue weighted by molar-refractivity contribution is 0.803. The van der Waals surface area contributed by atoms with E-state index in [9.17, 15) is 0 Å². The number of hydrogen-bond donors (Lipinski definition) is 0. The maximum atomic E-state index is 4.25. The van der Waals surface area contributed by atoms with Gasteiger partial charge in [-0.2, -0.15) is 0 Å². The summed E-state index contributed by atoms with van der Waals surface area (Å²) < 4.78 is 1.81. The van der Waals surface area contributed by atoms with E-state index >= 15 is 0 Å². The highest BCUT2D eigenvalue weighted by Crippen LogP contribution is 2.19. The summed E-state index contributed by atoms with van der Waals surface area (Å²) in [4.78, 5) is 0. The first kappa shape index (κ1) is 11.7. The smallest absolute Gasteiger partial charge is 0.113 e. The summed E-state index contributed by atoms with van der Waals surface area (Å²) in [6.07, 6.45) is 1.96. The van der Waals surface area contributed by atoms with Crippen molar-refractivity contribution in [2.24, 2.45) is 0 Å². The molecule has 0 fully saturated rings. The van der Waals surface area contributed by atoms with E-state index in [1.54, 1.807) is 0 Å². The predicted molar refractivity (Wildman–Crippen MR) is 76.3 cm³/mol. The van der Waals surface area contributed by atoms with Crippen molar-refractivity contribution >= 4 is 0 Å². The summed E-state index contributed by atoms with van der Waals surface area (Å²) in [5, 5.41) is 8.45. The molecule has 0 aliphatic heterocycles. The van der Waals surface area contributed by atoms with Crippen LogP contribution >= 0.6 is 0 Å². The fraction of sp³-hybridized carbons (Fsp3) is 0.125. The monoisotopic (exact) mass is 249 g/mol. The second-order valence-electron chi connectivity index (χ2n) is 4.76. The first-order chi connectivity index (χ1) is 9.22. The molecule has 94 valence electrons. The van der Waals surface area contributed by atoms with Crippen LogP contribution in [0.4, 0.5) is 0 Å². The number of hydrogen-bond acceptors (Lipinski definition) is 2. The first-order valence-corrected chi connectivity index (χ1v) is 6.29. The van der Waals surface area contributed by atoms with Gasteiger partial charge in [-0.05, 0) is 37.6 Å². The molecule has 3 nitrogen and oxygen atoms in total. The molecule has 0 aliphatic carbocycles. The summed E-state index contributed by atoms with van der Waals surface area (Å²) in [7, 11) is 0. The Labute approximate surface area is 112 Å². The third kappa shape index (κ3) is 2.40. The molecule has 0 atom stereocenters. The molecule has 19 heavy (non-hydrogen) atoms. The first-order valence-electron chi connectivity index (χ1n) is 6.29. The number of benzene rings is 2. The molecular formula is C16H15N3. The Hall–Kier alpha value is -2.42. The van der Waals surface area contributed by atoms with Gasteiger partial charge in [0.25, 0.3) is 0 Å². The van der Waals surface area contributed by atoms with Crippen LogP contribution in [0.1, 0.15) is 11.1 Å². The lowest BCUT2D eigenvalue weighted by Gasteiger charge is -2.00. The zero-order chi connectivity index (χ0) is 13.2. The average Bonchev–Trinajstić information content (AvgIpc) is 2.88. The van der Waals surface area contributed by atoms with Gasteiger partial charge >= 0.3 is 0 Å². The molecule has 0 bridgehead atoms. The molecule has 0 saturated carbocycles. The van der Waals surface area contributed by atoms with Crippen molar-refractivity contribution in [1.82, 2.24) is 15.0 Å². The maximum absolute atomic E-state index is 4.25. The van der Waals surface area contributed by atoms with Gasteiger partial charge in [0.05, 0.1) is 11.9 Å². The largest absolute Gasteiger partial charge is 0.220 e. The summed E-state index contributed by atoms with van der Waals surface area (Å²) in [6, 6.07) is 16.5. The highest BCUT2D eigenvalue weighted by Gasteiger charge is 2.05. The van der Waals surface area contributed by atoms with Crippen molar-refractivity contribution in [3.8, 4) is 16.9 Å². The standard InChI is InChI=1S/C16H15N3/c1-12-5-3-7-14(9-12)16-11-19(18-17-16)15-8-4-6-13(2)10-15/h3-11H,1-2H3. The minimum Gasteiger partial charge on any atom is -0.220 e. The van der Waals surface area contributed by atoms with Gasteiger partial charge in [0, 0.05) is 5.56 Å². The van der Waals surface area contributed by atoms with E-state index in [1.165, 1.54) is 11.1 Å². The zero-order valence-electron chi connectivity index (χ0n) is 11.0. The van der Waals surface area contributed by atoms with Crippen molar-refractivity contribution in [3.63, 3.8) is 0 Å². The molecular weight excluding hydrogens is 234 g/mol. The summed E-state index contributed by atoms with van der Waals surface area (Å²) >= 11 is 0. The Bertz CT molecular complexity index is 653. The van der Waals surface area contributed by atoms with Crippen LogP contribution in [0.2, 0.25) is 0 Å². The number of rotatable bonds is 2. The SMILES string of the molecule is Cc1cccc(-c2cn(-c3cccc(C)c3)nn2)c1. The molecule has 1 heterocycles. The molecule has 0 unspecified atom stereocenters. The molecule has 0 N–H and O–H groups in total. The number of nitrogens with zero attached hydrogens (tertiary/aromatic N) is 3. The van der Waals surface area contributed by atoms with E-state index in [0.29, 0.717) is 0 Å². The summed E-state index contributed by atoms with van der Waals surface area (Å²) in [5.41, 5.74) is 5.46. The maximum Gasteiger partial charge on any atom is 0.113 e. The molecule has 1 aromatic heterocycles. The van der Waals surface area contributed by atoms with Crippen molar-refractivity contribution in [2.45, 2.75) is 13.8 Å². The number of aromatic nitrogens is 3. The molecule has 0 amide bonds. The number of aryl methyl sites for hydroxylation is 2. The molecule has 0 radical (unpaired) electrons. The van der Waals surface area contributed by atoms with Crippen LogP contribution in [0.3, 0.4) is 0 Å². The van der Waals surface area contributed by atoms with E-state index in [2.05, 4.69) is 54.5 Å².